The quantitative estimate of drug-likeness (QED) is 0.824. The Kier molecular flexibility index (Phi) is 3.83. The van der Waals surface area contributed by atoms with Crippen molar-refractivity contribution in [3.05, 3.63) is 29.8 Å². The van der Waals surface area contributed by atoms with Crippen molar-refractivity contribution in [1.82, 2.24) is 0 Å². The fraction of sp³-hybridized carbons (Fsp3) is 0.571. The van der Waals surface area contributed by atoms with E-state index in [9.17, 15) is 0 Å². The minimum Gasteiger partial charge on any atom is -0.494 e. The topological polar surface area (TPSA) is 35.2 Å². The Morgan fingerprint density at radius 2 is 2.00 bits per heavy atom. The Bertz CT molecular complexity index is 314. The molecule has 0 heterocycles. The van der Waals surface area contributed by atoms with Gasteiger partial charge < -0.3 is 10.5 Å². The van der Waals surface area contributed by atoms with Crippen LogP contribution in [0.2, 0.25) is 0 Å². The van der Waals surface area contributed by atoms with E-state index in [1.807, 2.05) is 31.2 Å². The third-order valence-corrected chi connectivity index (χ3v) is 3.43. The molecule has 2 nitrogen and oxygen atoms in total. The number of benzene rings is 1. The molecule has 88 valence electrons. The van der Waals surface area contributed by atoms with E-state index < -0.39 is 0 Å². The maximum absolute atomic E-state index is 5.79. The Morgan fingerprint density at radius 3 is 2.50 bits per heavy atom. The second-order valence-electron chi connectivity index (χ2n) is 4.79. The van der Waals surface area contributed by atoms with Crippen LogP contribution in [-0.4, -0.2) is 6.61 Å². The highest BCUT2D eigenvalue weighted by atomic mass is 16.5. The van der Waals surface area contributed by atoms with Gasteiger partial charge in [0.2, 0.25) is 0 Å². The SMILES string of the molecule is CC(N)c1ccc(OCCC2CCC2)cc1. The van der Waals surface area contributed by atoms with Crippen molar-refractivity contribution in [1.29, 1.82) is 0 Å². The summed E-state index contributed by atoms with van der Waals surface area (Å²) in [5, 5.41) is 0. The molecule has 0 radical (unpaired) electrons. The van der Waals surface area contributed by atoms with E-state index in [2.05, 4.69) is 0 Å². The van der Waals surface area contributed by atoms with Crippen LogP contribution < -0.4 is 10.5 Å². The summed E-state index contributed by atoms with van der Waals surface area (Å²) in [6.07, 6.45) is 5.41. The van der Waals surface area contributed by atoms with Crippen LogP contribution in [0.4, 0.5) is 0 Å². The molecule has 1 saturated carbocycles. The van der Waals surface area contributed by atoms with Crippen molar-refractivity contribution in [3.8, 4) is 5.75 Å². The molecule has 0 bridgehead atoms. The molecular formula is C14H21NO. The fourth-order valence-corrected chi connectivity index (χ4v) is 1.99. The molecular weight excluding hydrogens is 198 g/mol. The van der Waals surface area contributed by atoms with Crippen LogP contribution in [-0.2, 0) is 0 Å². The van der Waals surface area contributed by atoms with Gasteiger partial charge in [-0.05, 0) is 37.0 Å². The number of ether oxygens (including phenoxy) is 1. The summed E-state index contributed by atoms with van der Waals surface area (Å²) in [4.78, 5) is 0. The first-order chi connectivity index (χ1) is 7.75. The van der Waals surface area contributed by atoms with Crippen LogP contribution in [0.25, 0.3) is 0 Å². The Morgan fingerprint density at radius 1 is 1.31 bits per heavy atom. The summed E-state index contributed by atoms with van der Waals surface area (Å²) in [5.41, 5.74) is 6.95. The Balaban J connectivity index is 1.75. The minimum atomic E-state index is 0.101. The van der Waals surface area contributed by atoms with Gasteiger partial charge in [-0.1, -0.05) is 31.4 Å². The van der Waals surface area contributed by atoms with E-state index in [4.69, 9.17) is 10.5 Å². The van der Waals surface area contributed by atoms with E-state index in [0.717, 1.165) is 23.8 Å². The molecule has 1 atom stereocenters. The molecule has 16 heavy (non-hydrogen) atoms. The molecule has 0 aliphatic heterocycles. The highest BCUT2D eigenvalue weighted by Crippen LogP contribution is 2.29. The van der Waals surface area contributed by atoms with Gasteiger partial charge >= 0.3 is 0 Å². The monoisotopic (exact) mass is 219 g/mol. The average Bonchev–Trinajstić information content (AvgIpc) is 2.22. The summed E-state index contributed by atoms with van der Waals surface area (Å²) in [5.74, 6) is 1.88. The molecule has 1 aliphatic carbocycles. The molecule has 1 fully saturated rings. The Hall–Kier alpha value is -1.02. The molecule has 1 aromatic rings. The molecule has 1 aromatic carbocycles. The zero-order chi connectivity index (χ0) is 11.4. The smallest absolute Gasteiger partial charge is 0.119 e. The van der Waals surface area contributed by atoms with Gasteiger partial charge in [-0.25, -0.2) is 0 Å². The van der Waals surface area contributed by atoms with E-state index in [1.54, 1.807) is 0 Å². The molecule has 1 aliphatic rings. The van der Waals surface area contributed by atoms with Crippen LogP contribution in [0, 0.1) is 5.92 Å². The number of nitrogens with two attached hydrogens (primary N) is 1. The van der Waals surface area contributed by atoms with Crippen LogP contribution in [0.15, 0.2) is 24.3 Å². The molecule has 2 N–H and O–H groups in total. The van der Waals surface area contributed by atoms with Crippen LogP contribution >= 0.6 is 0 Å². The third-order valence-electron chi connectivity index (χ3n) is 3.43. The summed E-state index contributed by atoms with van der Waals surface area (Å²) in [7, 11) is 0. The second kappa shape index (κ2) is 5.35. The summed E-state index contributed by atoms with van der Waals surface area (Å²) < 4.78 is 5.71. The largest absolute Gasteiger partial charge is 0.494 e. The molecule has 2 rings (SSSR count). The lowest BCUT2D eigenvalue weighted by molar-refractivity contribution is 0.222. The normalized spacial score (nSPS) is 17.9. The molecule has 0 aromatic heterocycles. The fourth-order valence-electron chi connectivity index (χ4n) is 1.99. The van der Waals surface area contributed by atoms with Gasteiger partial charge in [-0.2, -0.15) is 0 Å². The van der Waals surface area contributed by atoms with Gasteiger partial charge in [-0.3, -0.25) is 0 Å². The van der Waals surface area contributed by atoms with Crippen LogP contribution in [0.3, 0.4) is 0 Å². The van der Waals surface area contributed by atoms with Crippen molar-refractivity contribution >= 4 is 0 Å². The van der Waals surface area contributed by atoms with Crippen molar-refractivity contribution < 1.29 is 4.74 Å². The van der Waals surface area contributed by atoms with Gasteiger partial charge in [0.25, 0.3) is 0 Å². The Labute approximate surface area is 97.8 Å². The predicted octanol–water partition coefficient (Wildman–Crippen LogP) is 3.28. The first kappa shape index (κ1) is 11.5. The zero-order valence-electron chi connectivity index (χ0n) is 9.99. The third kappa shape index (κ3) is 2.99. The summed E-state index contributed by atoms with van der Waals surface area (Å²) >= 11 is 0. The summed E-state index contributed by atoms with van der Waals surface area (Å²) in [6, 6.07) is 8.22. The van der Waals surface area contributed by atoms with Crippen molar-refractivity contribution in [2.24, 2.45) is 11.7 Å². The average molecular weight is 219 g/mol. The van der Waals surface area contributed by atoms with Crippen molar-refractivity contribution in [2.75, 3.05) is 6.61 Å². The first-order valence-electron chi connectivity index (χ1n) is 6.24. The van der Waals surface area contributed by atoms with E-state index in [0.29, 0.717) is 0 Å². The lowest BCUT2D eigenvalue weighted by Gasteiger charge is -2.25. The van der Waals surface area contributed by atoms with Gasteiger partial charge in [0.1, 0.15) is 5.75 Å². The molecule has 0 saturated heterocycles. The molecule has 2 heteroatoms. The number of hydrogen-bond acceptors (Lipinski definition) is 2. The second-order valence-corrected chi connectivity index (χ2v) is 4.79. The minimum absolute atomic E-state index is 0.101. The van der Waals surface area contributed by atoms with Gasteiger partial charge in [-0.15, -0.1) is 0 Å². The molecule has 0 spiro atoms. The first-order valence-corrected chi connectivity index (χ1v) is 6.24. The standard InChI is InChI=1S/C14H21NO/c1-11(15)13-5-7-14(8-6-13)16-10-9-12-3-2-4-12/h5-8,11-12H,2-4,9-10,15H2,1H3. The number of hydrogen-bond donors (Lipinski definition) is 1. The zero-order valence-corrected chi connectivity index (χ0v) is 9.99. The highest BCUT2D eigenvalue weighted by molar-refractivity contribution is 5.28. The number of rotatable bonds is 5. The van der Waals surface area contributed by atoms with Gasteiger partial charge in [0, 0.05) is 6.04 Å². The molecule has 1 unspecified atom stereocenters. The molecule has 0 amide bonds. The van der Waals surface area contributed by atoms with Crippen LogP contribution in [0.5, 0.6) is 5.75 Å². The maximum Gasteiger partial charge on any atom is 0.119 e. The highest BCUT2D eigenvalue weighted by Gasteiger charge is 2.16. The lowest BCUT2D eigenvalue weighted by Crippen LogP contribution is -2.14. The van der Waals surface area contributed by atoms with Gasteiger partial charge in [0.05, 0.1) is 6.61 Å². The van der Waals surface area contributed by atoms with E-state index >= 15 is 0 Å². The van der Waals surface area contributed by atoms with Crippen LogP contribution in [0.1, 0.15) is 44.2 Å². The lowest BCUT2D eigenvalue weighted by atomic mass is 9.83. The van der Waals surface area contributed by atoms with Crippen molar-refractivity contribution in [3.63, 3.8) is 0 Å². The van der Waals surface area contributed by atoms with E-state index in [-0.39, 0.29) is 6.04 Å². The van der Waals surface area contributed by atoms with E-state index in [1.165, 1.54) is 25.7 Å². The predicted molar refractivity (Wildman–Crippen MR) is 66.5 cm³/mol. The van der Waals surface area contributed by atoms with Crippen molar-refractivity contribution in [2.45, 2.75) is 38.6 Å². The summed E-state index contributed by atoms with van der Waals surface area (Å²) in [6.45, 7) is 2.84. The maximum atomic E-state index is 5.79. The van der Waals surface area contributed by atoms with Gasteiger partial charge in [0.15, 0.2) is 0 Å².